The summed E-state index contributed by atoms with van der Waals surface area (Å²) in [4.78, 5) is 19.1. The van der Waals surface area contributed by atoms with Gasteiger partial charge in [0.1, 0.15) is 6.17 Å². The van der Waals surface area contributed by atoms with E-state index in [1.165, 1.54) is 0 Å². The maximum Gasteiger partial charge on any atom is 0.258 e. The maximum atomic E-state index is 12.9. The van der Waals surface area contributed by atoms with Gasteiger partial charge in [-0.15, -0.1) is 0 Å². The molecule has 1 aliphatic heterocycles. The summed E-state index contributed by atoms with van der Waals surface area (Å²) < 4.78 is 0. The van der Waals surface area contributed by atoms with Gasteiger partial charge in [0.05, 0.1) is 27.0 Å². The van der Waals surface area contributed by atoms with E-state index in [2.05, 4.69) is 10.3 Å². The highest BCUT2D eigenvalue weighted by Gasteiger charge is 2.38. The van der Waals surface area contributed by atoms with E-state index in [9.17, 15) is 4.79 Å². The number of carbonyl (C=O) groups is 1. The van der Waals surface area contributed by atoms with Crippen LogP contribution in [0.4, 0.5) is 5.69 Å². The van der Waals surface area contributed by atoms with E-state index in [0.717, 1.165) is 5.56 Å². The number of hydrogen-bond donors (Lipinski definition) is 1. The van der Waals surface area contributed by atoms with Crippen LogP contribution in [0.3, 0.4) is 0 Å². The van der Waals surface area contributed by atoms with E-state index in [1.807, 2.05) is 42.5 Å². The minimum Gasteiger partial charge on any atom is -0.359 e. The van der Waals surface area contributed by atoms with Crippen molar-refractivity contribution in [2.45, 2.75) is 12.7 Å². The van der Waals surface area contributed by atoms with Gasteiger partial charge in [0, 0.05) is 12.7 Å². The number of benzene rings is 2. The Balaban J connectivity index is 1.72. The molecule has 1 aromatic heterocycles. The summed E-state index contributed by atoms with van der Waals surface area (Å²) >= 11 is 12.5. The van der Waals surface area contributed by atoms with Gasteiger partial charge in [0.15, 0.2) is 0 Å². The van der Waals surface area contributed by atoms with Gasteiger partial charge in [-0.25, -0.2) is 0 Å². The number of aromatic nitrogens is 1. The summed E-state index contributed by atoms with van der Waals surface area (Å²) in [6.07, 6.45) is 1.27. The standard InChI is InChI=1S/C20H15Cl2N3O/c21-15-9-4-10-16(17(15)22)24-19-18-14(8-5-11-23-18)20(26)25(19)12-13-6-2-1-3-7-13/h1-11,19,24H,12H2. The third-order valence-corrected chi connectivity index (χ3v) is 5.16. The molecule has 2 aromatic carbocycles. The SMILES string of the molecule is O=C1c2cccnc2C(Nc2cccc(Cl)c2Cl)N1Cc1ccccc1. The Labute approximate surface area is 161 Å². The molecule has 3 aromatic rings. The lowest BCUT2D eigenvalue weighted by Gasteiger charge is -2.27. The summed E-state index contributed by atoms with van der Waals surface area (Å²) in [5.74, 6) is -0.0624. The molecule has 0 bridgehead atoms. The highest BCUT2D eigenvalue weighted by atomic mass is 35.5. The lowest BCUT2D eigenvalue weighted by atomic mass is 10.2. The maximum absolute atomic E-state index is 12.9. The molecule has 0 aliphatic carbocycles. The first kappa shape index (κ1) is 16.9. The molecule has 130 valence electrons. The number of rotatable bonds is 4. The lowest BCUT2D eigenvalue weighted by Crippen LogP contribution is -2.32. The predicted molar refractivity (Wildman–Crippen MR) is 103 cm³/mol. The quantitative estimate of drug-likeness (QED) is 0.676. The Morgan fingerprint density at radius 1 is 1.00 bits per heavy atom. The molecule has 1 amide bonds. The number of anilines is 1. The molecule has 0 spiro atoms. The largest absolute Gasteiger partial charge is 0.359 e. The molecule has 0 fully saturated rings. The Morgan fingerprint density at radius 3 is 2.62 bits per heavy atom. The first-order chi connectivity index (χ1) is 12.6. The normalized spacial score (nSPS) is 15.8. The average Bonchev–Trinajstić information content (AvgIpc) is 2.92. The number of hydrogen-bond acceptors (Lipinski definition) is 3. The molecule has 1 unspecified atom stereocenters. The third kappa shape index (κ3) is 3.02. The monoisotopic (exact) mass is 383 g/mol. The molecular weight excluding hydrogens is 369 g/mol. The van der Waals surface area contributed by atoms with Crippen LogP contribution in [0.2, 0.25) is 10.0 Å². The number of amides is 1. The van der Waals surface area contributed by atoms with Crippen LogP contribution in [0.25, 0.3) is 0 Å². The molecule has 26 heavy (non-hydrogen) atoms. The topological polar surface area (TPSA) is 45.2 Å². The van der Waals surface area contributed by atoms with Crippen molar-refractivity contribution in [3.05, 3.63) is 93.7 Å². The van der Waals surface area contributed by atoms with Crippen molar-refractivity contribution >= 4 is 34.8 Å². The van der Waals surface area contributed by atoms with Crippen molar-refractivity contribution in [3.63, 3.8) is 0 Å². The Hall–Kier alpha value is -2.56. The molecule has 0 saturated carbocycles. The molecule has 1 aliphatic rings. The molecule has 2 heterocycles. The van der Waals surface area contributed by atoms with Crippen LogP contribution in [0.5, 0.6) is 0 Å². The zero-order valence-corrected chi connectivity index (χ0v) is 15.2. The van der Waals surface area contributed by atoms with Gasteiger partial charge in [0.2, 0.25) is 0 Å². The van der Waals surface area contributed by atoms with E-state index < -0.39 is 6.17 Å². The van der Waals surface area contributed by atoms with Crippen molar-refractivity contribution in [2.24, 2.45) is 0 Å². The number of nitrogens with one attached hydrogen (secondary N) is 1. The zero-order chi connectivity index (χ0) is 18.1. The number of halogens is 2. The number of nitrogens with zero attached hydrogens (tertiary/aromatic N) is 2. The van der Waals surface area contributed by atoms with Crippen LogP contribution in [0, 0.1) is 0 Å². The molecule has 6 heteroatoms. The Bertz CT molecular complexity index is 962. The molecule has 1 atom stereocenters. The van der Waals surface area contributed by atoms with Crippen molar-refractivity contribution in [3.8, 4) is 0 Å². The summed E-state index contributed by atoms with van der Waals surface area (Å²) in [6, 6.07) is 18.8. The van der Waals surface area contributed by atoms with Gasteiger partial charge in [0.25, 0.3) is 5.91 Å². The first-order valence-corrected chi connectivity index (χ1v) is 8.91. The van der Waals surface area contributed by atoms with Crippen molar-refractivity contribution in [2.75, 3.05) is 5.32 Å². The fourth-order valence-corrected chi connectivity index (χ4v) is 3.44. The van der Waals surface area contributed by atoms with Gasteiger partial charge in [-0.1, -0.05) is 59.6 Å². The first-order valence-electron chi connectivity index (χ1n) is 8.15. The van der Waals surface area contributed by atoms with Crippen LogP contribution >= 0.6 is 23.2 Å². The van der Waals surface area contributed by atoms with Crippen LogP contribution in [-0.4, -0.2) is 15.8 Å². The highest BCUT2D eigenvalue weighted by Crippen LogP contribution is 2.37. The summed E-state index contributed by atoms with van der Waals surface area (Å²) in [6.45, 7) is 0.464. The second-order valence-electron chi connectivity index (χ2n) is 6.00. The van der Waals surface area contributed by atoms with Crippen molar-refractivity contribution in [1.82, 2.24) is 9.88 Å². The second-order valence-corrected chi connectivity index (χ2v) is 6.79. The average molecular weight is 384 g/mol. The van der Waals surface area contributed by atoms with Gasteiger partial charge < -0.3 is 10.2 Å². The summed E-state index contributed by atoms with van der Waals surface area (Å²) in [5, 5.41) is 4.21. The van der Waals surface area contributed by atoms with E-state index in [1.54, 1.807) is 29.3 Å². The molecule has 4 rings (SSSR count). The minimum atomic E-state index is -0.421. The smallest absolute Gasteiger partial charge is 0.258 e. The van der Waals surface area contributed by atoms with Crippen LogP contribution in [0.15, 0.2) is 66.9 Å². The predicted octanol–water partition coefficient (Wildman–Crippen LogP) is 5.16. The van der Waals surface area contributed by atoms with Crippen LogP contribution in [-0.2, 0) is 6.54 Å². The van der Waals surface area contributed by atoms with E-state index in [0.29, 0.717) is 33.5 Å². The van der Waals surface area contributed by atoms with Crippen LogP contribution < -0.4 is 5.32 Å². The van der Waals surface area contributed by atoms with E-state index >= 15 is 0 Å². The molecular formula is C20H15Cl2N3O. The summed E-state index contributed by atoms with van der Waals surface area (Å²) in [7, 11) is 0. The Morgan fingerprint density at radius 2 is 1.81 bits per heavy atom. The van der Waals surface area contributed by atoms with E-state index in [-0.39, 0.29) is 5.91 Å². The van der Waals surface area contributed by atoms with Crippen molar-refractivity contribution in [1.29, 1.82) is 0 Å². The number of fused-ring (bicyclic) bond motifs is 1. The van der Waals surface area contributed by atoms with Crippen LogP contribution in [0.1, 0.15) is 27.8 Å². The fraction of sp³-hybridized carbons (Fsp3) is 0.100. The van der Waals surface area contributed by atoms with E-state index in [4.69, 9.17) is 23.2 Å². The van der Waals surface area contributed by atoms with Gasteiger partial charge in [-0.2, -0.15) is 0 Å². The van der Waals surface area contributed by atoms with Crippen molar-refractivity contribution < 1.29 is 4.79 Å². The molecule has 4 nitrogen and oxygen atoms in total. The summed E-state index contributed by atoms with van der Waals surface area (Å²) in [5.41, 5.74) is 2.98. The second kappa shape index (κ2) is 6.98. The lowest BCUT2D eigenvalue weighted by molar-refractivity contribution is 0.0728. The fourth-order valence-electron chi connectivity index (χ4n) is 3.09. The Kier molecular flexibility index (Phi) is 4.53. The highest BCUT2D eigenvalue weighted by molar-refractivity contribution is 6.43. The number of pyridine rings is 1. The molecule has 1 N–H and O–H groups in total. The molecule has 0 saturated heterocycles. The van der Waals surface area contributed by atoms with Gasteiger partial charge >= 0.3 is 0 Å². The van der Waals surface area contributed by atoms with Gasteiger partial charge in [-0.3, -0.25) is 9.78 Å². The zero-order valence-electron chi connectivity index (χ0n) is 13.7. The molecule has 0 radical (unpaired) electrons. The third-order valence-electron chi connectivity index (χ3n) is 4.34. The van der Waals surface area contributed by atoms with Gasteiger partial charge in [-0.05, 0) is 29.8 Å². The number of carbonyl (C=O) groups excluding carboxylic acids is 1. The minimum absolute atomic E-state index is 0.0624.